The Hall–Kier alpha value is -1.88. The molecule has 22 heavy (non-hydrogen) atoms. The van der Waals surface area contributed by atoms with Gasteiger partial charge in [-0.2, -0.15) is 0 Å². The Morgan fingerprint density at radius 2 is 1.73 bits per heavy atom. The molecule has 1 aliphatic rings. The van der Waals surface area contributed by atoms with E-state index in [1.807, 2.05) is 0 Å². The number of aliphatic hydroxyl groups excluding tert-OH is 1. The zero-order valence-corrected chi connectivity index (χ0v) is 12.7. The van der Waals surface area contributed by atoms with E-state index in [9.17, 15) is 9.59 Å². The van der Waals surface area contributed by atoms with Crippen molar-refractivity contribution in [3.05, 3.63) is 35.4 Å². The fourth-order valence-corrected chi connectivity index (χ4v) is 2.65. The molecular weight excluding hydrogens is 282 g/mol. The van der Waals surface area contributed by atoms with Crippen LogP contribution < -0.4 is 5.32 Å². The number of hydrogen-bond acceptors (Lipinski definition) is 4. The summed E-state index contributed by atoms with van der Waals surface area (Å²) in [7, 11) is 0. The SMILES string of the molecule is O=C(COC(=O)c1ccc(CO)cc1)NC1CCCCCC1. The second kappa shape index (κ2) is 8.54. The van der Waals surface area contributed by atoms with Gasteiger partial charge in [-0.1, -0.05) is 37.8 Å². The number of carbonyl (C=O) groups is 2. The summed E-state index contributed by atoms with van der Waals surface area (Å²) in [6.07, 6.45) is 6.74. The van der Waals surface area contributed by atoms with Crippen LogP contribution in [-0.4, -0.2) is 29.6 Å². The monoisotopic (exact) mass is 305 g/mol. The van der Waals surface area contributed by atoms with Crippen molar-refractivity contribution in [3.8, 4) is 0 Å². The van der Waals surface area contributed by atoms with Crippen molar-refractivity contribution in [2.45, 2.75) is 51.2 Å². The van der Waals surface area contributed by atoms with Crippen LogP contribution in [0.3, 0.4) is 0 Å². The third kappa shape index (κ3) is 5.15. The zero-order valence-electron chi connectivity index (χ0n) is 12.7. The Morgan fingerprint density at radius 1 is 1.09 bits per heavy atom. The van der Waals surface area contributed by atoms with Gasteiger partial charge in [0, 0.05) is 6.04 Å². The minimum atomic E-state index is -0.527. The Balaban J connectivity index is 1.75. The van der Waals surface area contributed by atoms with Gasteiger partial charge in [-0.05, 0) is 30.5 Å². The first-order chi connectivity index (χ1) is 10.7. The molecule has 120 valence electrons. The molecule has 5 nitrogen and oxygen atoms in total. The third-order valence-corrected chi connectivity index (χ3v) is 3.93. The Labute approximate surface area is 130 Å². The number of amides is 1. The lowest BCUT2D eigenvalue weighted by Gasteiger charge is -2.16. The third-order valence-electron chi connectivity index (χ3n) is 3.93. The van der Waals surface area contributed by atoms with Gasteiger partial charge in [0.1, 0.15) is 0 Å². The van der Waals surface area contributed by atoms with E-state index in [0.29, 0.717) is 5.56 Å². The van der Waals surface area contributed by atoms with Crippen LogP contribution in [0, 0.1) is 0 Å². The van der Waals surface area contributed by atoms with Crippen molar-refractivity contribution in [1.82, 2.24) is 5.32 Å². The number of nitrogens with one attached hydrogen (secondary N) is 1. The zero-order chi connectivity index (χ0) is 15.8. The Morgan fingerprint density at radius 3 is 2.32 bits per heavy atom. The Kier molecular flexibility index (Phi) is 6.40. The molecule has 0 bridgehead atoms. The van der Waals surface area contributed by atoms with Crippen LogP contribution in [0.4, 0.5) is 0 Å². The molecule has 0 spiro atoms. The second-order valence-corrected chi connectivity index (χ2v) is 5.69. The number of benzene rings is 1. The van der Waals surface area contributed by atoms with Gasteiger partial charge in [-0.15, -0.1) is 0 Å². The van der Waals surface area contributed by atoms with E-state index >= 15 is 0 Å². The summed E-state index contributed by atoms with van der Waals surface area (Å²) in [5, 5.41) is 11.9. The minimum absolute atomic E-state index is 0.0703. The molecule has 2 rings (SSSR count). The highest BCUT2D eigenvalue weighted by atomic mass is 16.5. The fourth-order valence-electron chi connectivity index (χ4n) is 2.65. The lowest BCUT2D eigenvalue weighted by molar-refractivity contribution is -0.125. The van der Waals surface area contributed by atoms with Gasteiger partial charge in [-0.3, -0.25) is 4.79 Å². The van der Waals surface area contributed by atoms with Crippen molar-refractivity contribution in [2.75, 3.05) is 6.61 Å². The van der Waals surface area contributed by atoms with Crippen molar-refractivity contribution in [3.63, 3.8) is 0 Å². The highest BCUT2D eigenvalue weighted by Crippen LogP contribution is 2.17. The minimum Gasteiger partial charge on any atom is -0.452 e. The summed E-state index contributed by atoms with van der Waals surface area (Å²) in [5.74, 6) is -0.771. The molecule has 1 aromatic carbocycles. The van der Waals surface area contributed by atoms with Crippen LogP contribution in [0.2, 0.25) is 0 Å². The highest BCUT2D eigenvalue weighted by Gasteiger charge is 2.16. The van der Waals surface area contributed by atoms with Crippen molar-refractivity contribution in [2.24, 2.45) is 0 Å². The lowest BCUT2D eigenvalue weighted by atomic mass is 10.1. The number of hydrogen-bond donors (Lipinski definition) is 2. The predicted octanol–water partition coefficient (Wildman–Crippen LogP) is 2.17. The molecule has 5 heteroatoms. The van der Waals surface area contributed by atoms with E-state index in [-0.39, 0.29) is 25.2 Å². The normalized spacial score (nSPS) is 15.9. The first-order valence-corrected chi connectivity index (χ1v) is 7.85. The molecule has 0 unspecified atom stereocenters. The maximum atomic E-state index is 11.8. The summed E-state index contributed by atoms with van der Waals surface area (Å²) in [6, 6.07) is 6.68. The molecule has 1 amide bonds. The summed E-state index contributed by atoms with van der Waals surface area (Å²) < 4.78 is 5.02. The summed E-state index contributed by atoms with van der Waals surface area (Å²) in [5.41, 5.74) is 1.10. The Bertz CT molecular complexity index is 490. The van der Waals surface area contributed by atoms with Gasteiger partial charge < -0.3 is 15.2 Å². The molecule has 1 saturated carbocycles. The quantitative estimate of drug-likeness (QED) is 0.646. The van der Waals surface area contributed by atoms with E-state index in [4.69, 9.17) is 9.84 Å². The van der Waals surface area contributed by atoms with Crippen molar-refractivity contribution >= 4 is 11.9 Å². The van der Waals surface area contributed by atoms with Gasteiger partial charge in [0.2, 0.25) is 0 Å². The van der Waals surface area contributed by atoms with E-state index in [1.165, 1.54) is 12.8 Å². The van der Waals surface area contributed by atoms with Crippen molar-refractivity contribution in [1.29, 1.82) is 0 Å². The molecule has 0 aliphatic heterocycles. The molecule has 1 aromatic rings. The van der Waals surface area contributed by atoms with E-state index in [1.54, 1.807) is 24.3 Å². The van der Waals surface area contributed by atoms with E-state index < -0.39 is 5.97 Å². The molecule has 1 aliphatic carbocycles. The van der Waals surface area contributed by atoms with E-state index in [2.05, 4.69) is 5.32 Å². The number of ether oxygens (including phenoxy) is 1. The highest BCUT2D eigenvalue weighted by molar-refractivity contribution is 5.91. The number of rotatable bonds is 5. The summed E-state index contributed by atoms with van der Waals surface area (Å²) >= 11 is 0. The molecular formula is C17H23NO4. The standard InChI is InChI=1S/C17H23NO4/c19-11-13-7-9-14(10-8-13)17(21)22-12-16(20)18-15-5-3-1-2-4-6-15/h7-10,15,19H,1-6,11-12H2,(H,18,20). The first-order valence-electron chi connectivity index (χ1n) is 7.85. The van der Waals surface area contributed by atoms with Gasteiger partial charge in [-0.25, -0.2) is 4.79 Å². The van der Waals surface area contributed by atoms with Crippen LogP contribution in [0.15, 0.2) is 24.3 Å². The summed E-state index contributed by atoms with van der Waals surface area (Å²) in [4.78, 5) is 23.7. The molecule has 0 atom stereocenters. The number of aliphatic hydroxyl groups is 1. The molecule has 1 fully saturated rings. The van der Waals surface area contributed by atoms with Crippen LogP contribution in [0.1, 0.15) is 54.4 Å². The number of carbonyl (C=O) groups excluding carboxylic acids is 2. The molecule has 0 radical (unpaired) electrons. The smallest absolute Gasteiger partial charge is 0.338 e. The maximum absolute atomic E-state index is 11.8. The van der Waals surface area contributed by atoms with Gasteiger partial charge in [0.05, 0.1) is 12.2 Å². The van der Waals surface area contributed by atoms with Gasteiger partial charge >= 0.3 is 5.97 Å². The molecule has 2 N–H and O–H groups in total. The molecule has 0 aromatic heterocycles. The van der Waals surface area contributed by atoms with Crippen molar-refractivity contribution < 1.29 is 19.4 Å². The number of esters is 1. The molecule has 0 saturated heterocycles. The van der Waals surface area contributed by atoms with Gasteiger partial charge in [0.15, 0.2) is 6.61 Å². The van der Waals surface area contributed by atoms with Crippen LogP contribution in [0.25, 0.3) is 0 Å². The topological polar surface area (TPSA) is 75.6 Å². The average Bonchev–Trinajstić information content (AvgIpc) is 2.81. The average molecular weight is 305 g/mol. The van der Waals surface area contributed by atoms with Crippen LogP contribution in [0.5, 0.6) is 0 Å². The van der Waals surface area contributed by atoms with E-state index in [0.717, 1.165) is 31.2 Å². The predicted molar refractivity (Wildman–Crippen MR) is 82.3 cm³/mol. The summed E-state index contributed by atoms with van der Waals surface area (Å²) in [6.45, 7) is -0.323. The van der Waals surface area contributed by atoms with Crippen LogP contribution in [-0.2, 0) is 16.1 Å². The largest absolute Gasteiger partial charge is 0.452 e. The molecule has 0 heterocycles. The maximum Gasteiger partial charge on any atom is 0.338 e. The first kappa shape index (κ1) is 16.5. The van der Waals surface area contributed by atoms with Crippen LogP contribution >= 0.6 is 0 Å². The van der Waals surface area contributed by atoms with Gasteiger partial charge in [0.25, 0.3) is 5.91 Å². The fraction of sp³-hybridized carbons (Fsp3) is 0.529. The lowest BCUT2D eigenvalue weighted by Crippen LogP contribution is -2.37. The second-order valence-electron chi connectivity index (χ2n) is 5.69.